The smallest absolute Gasteiger partial charge is 0.276 e. The molecule has 1 aliphatic carbocycles. The van der Waals surface area contributed by atoms with Gasteiger partial charge < -0.3 is 10.2 Å². The van der Waals surface area contributed by atoms with Gasteiger partial charge in [-0.2, -0.15) is 0 Å². The second-order valence-electron chi connectivity index (χ2n) is 6.75. The molecule has 8 heteroatoms. The van der Waals surface area contributed by atoms with Gasteiger partial charge in [0, 0.05) is 22.8 Å². The molecule has 1 N–H and O–H groups in total. The van der Waals surface area contributed by atoms with E-state index in [1.54, 1.807) is 16.4 Å². The Morgan fingerprint density at radius 1 is 1.41 bits per heavy atom. The Morgan fingerprint density at radius 2 is 2.19 bits per heavy atom. The summed E-state index contributed by atoms with van der Waals surface area (Å²) in [6, 6.07) is 1.46. The minimum Gasteiger partial charge on any atom is -0.351 e. The summed E-state index contributed by atoms with van der Waals surface area (Å²) in [6.45, 7) is 6.00. The minimum atomic E-state index is -0.695. The topological polar surface area (TPSA) is 75.2 Å². The maximum Gasteiger partial charge on any atom is 0.276 e. The van der Waals surface area contributed by atoms with Crippen LogP contribution in [0.15, 0.2) is 29.5 Å². The van der Waals surface area contributed by atoms with E-state index in [0.29, 0.717) is 0 Å². The lowest BCUT2D eigenvalue weighted by Crippen LogP contribution is -2.47. The second kappa shape index (κ2) is 9.23. The molecule has 3 rings (SSSR count). The van der Waals surface area contributed by atoms with Crippen molar-refractivity contribution in [3.8, 4) is 0 Å². The number of hydrogen-bond donors (Lipinski definition) is 1. The van der Waals surface area contributed by atoms with Crippen LogP contribution in [0.25, 0.3) is 0 Å². The molecule has 1 aliphatic rings. The van der Waals surface area contributed by atoms with Crippen LogP contribution in [0.3, 0.4) is 0 Å². The van der Waals surface area contributed by atoms with Crippen molar-refractivity contribution in [2.45, 2.75) is 51.1 Å². The highest BCUT2D eigenvalue weighted by Crippen LogP contribution is 2.31. The van der Waals surface area contributed by atoms with Gasteiger partial charge in [0.25, 0.3) is 5.91 Å². The molecule has 6 nitrogen and oxygen atoms in total. The Morgan fingerprint density at radius 3 is 2.78 bits per heavy atom. The summed E-state index contributed by atoms with van der Waals surface area (Å²) in [5, 5.41) is 10.6. The van der Waals surface area contributed by atoms with Crippen molar-refractivity contribution >= 4 is 34.7 Å². The Kier molecular flexibility index (Phi) is 6.73. The number of carbonyl (C=O) groups is 2. The molecule has 1 unspecified atom stereocenters. The molecule has 1 saturated carbocycles. The Labute approximate surface area is 167 Å². The van der Waals surface area contributed by atoms with Gasteiger partial charge >= 0.3 is 0 Å². The van der Waals surface area contributed by atoms with E-state index in [9.17, 15) is 9.59 Å². The number of nitrogens with zero attached hydrogens (tertiary/aromatic N) is 3. The summed E-state index contributed by atoms with van der Waals surface area (Å²) < 4.78 is 3.78. The fourth-order valence-electron chi connectivity index (χ4n) is 3.44. The van der Waals surface area contributed by atoms with E-state index < -0.39 is 6.04 Å². The number of aromatic nitrogens is 2. The summed E-state index contributed by atoms with van der Waals surface area (Å²) in [4.78, 5) is 28.8. The monoisotopic (exact) mass is 404 g/mol. The number of nitrogens with one attached hydrogen (secondary N) is 1. The first-order chi connectivity index (χ1) is 13.1. The maximum absolute atomic E-state index is 13.3. The van der Waals surface area contributed by atoms with Crippen LogP contribution in [0.5, 0.6) is 0 Å². The lowest BCUT2D eigenvalue weighted by Gasteiger charge is -2.32. The van der Waals surface area contributed by atoms with Gasteiger partial charge in [0.2, 0.25) is 5.91 Å². The Bertz CT molecular complexity index is 781. The SMILES string of the molecule is C=CCN(C(=O)c1csnn1)C(C(=O)NC1CCCCC1)c1sccc1C. The number of amides is 2. The zero-order valence-corrected chi connectivity index (χ0v) is 17.0. The first-order valence-corrected chi connectivity index (χ1v) is 10.9. The number of hydrogen-bond acceptors (Lipinski definition) is 6. The van der Waals surface area contributed by atoms with E-state index in [4.69, 9.17) is 0 Å². The molecule has 0 spiro atoms. The van der Waals surface area contributed by atoms with Gasteiger partial charge in [0.05, 0.1) is 0 Å². The standard InChI is InChI=1S/C19H24N4O2S2/c1-3-10-23(19(25)15-12-27-22-21-15)16(17-13(2)9-11-26-17)18(24)20-14-7-5-4-6-8-14/h3,9,11-12,14,16H,1,4-8,10H2,2H3,(H,20,24). The number of rotatable bonds is 7. The predicted molar refractivity (Wildman–Crippen MR) is 108 cm³/mol. The van der Waals surface area contributed by atoms with Crippen molar-refractivity contribution in [3.63, 3.8) is 0 Å². The van der Waals surface area contributed by atoms with E-state index in [0.717, 1.165) is 47.7 Å². The van der Waals surface area contributed by atoms with Gasteiger partial charge in [-0.15, -0.1) is 23.0 Å². The zero-order valence-electron chi connectivity index (χ0n) is 15.4. The number of carbonyl (C=O) groups excluding carboxylic acids is 2. The van der Waals surface area contributed by atoms with Crippen molar-refractivity contribution in [2.24, 2.45) is 0 Å². The predicted octanol–water partition coefficient (Wildman–Crippen LogP) is 3.73. The molecular weight excluding hydrogens is 380 g/mol. The van der Waals surface area contributed by atoms with Crippen LogP contribution in [-0.4, -0.2) is 38.9 Å². The minimum absolute atomic E-state index is 0.133. The molecule has 144 valence electrons. The third-order valence-electron chi connectivity index (χ3n) is 4.83. The van der Waals surface area contributed by atoms with Crippen LogP contribution in [-0.2, 0) is 4.79 Å². The lowest BCUT2D eigenvalue weighted by atomic mass is 9.95. The molecule has 0 saturated heterocycles. The Balaban J connectivity index is 1.91. The molecule has 2 amide bonds. The average Bonchev–Trinajstić information content (AvgIpc) is 3.34. The maximum atomic E-state index is 13.3. The molecule has 0 aliphatic heterocycles. The highest BCUT2D eigenvalue weighted by Gasteiger charge is 2.35. The van der Waals surface area contributed by atoms with Crippen molar-refractivity contribution in [2.75, 3.05) is 6.54 Å². The van der Waals surface area contributed by atoms with Crippen LogP contribution in [0.4, 0.5) is 0 Å². The third-order valence-corrected chi connectivity index (χ3v) is 6.40. The van der Waals surface area contributed by atoms with Crippen LogP contribution >= 0.6 is 22.9 Å². The quantitative estimate of drug-likeness (QED) is 0.714. The highest BCUT2D eigenvalue weighted by molar-refractivity contribution is 7.10. The molecular formula is C19H24N4O2S2. The molecule has 1 fully saturated rings. The van der Waals surface area contributed by atoms with Crippen molar-refractivity contribution in [1.82, 2.24) is 19.8 Å². The first-order valence-electron chi connectivity index (χ1n) is 9.15. The fourth-order valence-corrected chi connectivity index (χ4v) is 4.91. The van der Waals surface area contributed by atoms with Crippen LogP contribution in [0.1, 0.15) is 59.1 Å². The number of aryl methyl sites for hydroxylation is 1. The third kappa shape index (κ3) is 4.62. The lowest BCUT2D eigenvalue weighted by molar-refractivity contribution is -0.126. The van der Waals surface area contributed by atoms with E-state index in [1.807, 2.05) is 18.4 Å². The van der Waals surface area contributed by atoms with Crippen LogP contribution in [0, 0.1) is 6.92 Å². The molecule has 0 bridgehead atoms. The van der Waals surface area contributed by atoms with E-state index in [-0.39, 0.29) is 30.1 Å². The van der Waals surface area contributed by atoms with Gasteiger partial charge in [0.15, 0.2) is 5.69 Å². The summed E-state index contributed by atoms with van der Waals surface area (Å²) >= 11 is 2.61. The van der Waals surface area contributed by atoms with Crippen molar-refractivity contribution < 1.29 is 9.59 Å². The fraction of sp³-hybridized carbons (Fsp3) is 0.474. The van der Waals surface area contributed by atoms with E-state index in [2.05, 4.69) is 21.5 Å². The summed E-state index contributed by atoms with van der Waals surface area (Å²) in [6.07, 6.45) is 7.11. The van der Waals surface area contributed by atoms with Gasteiger partial charge in [-0.1, -0.05) is 29.8 Å². The van der Waals surface area contributed by atoms with E-state index >= 15 is 0 Å². The molecule has 27 heavy (non-hydrogen) atoms. The summed E-state index contributed by atoms with van der Waals surface area (Å²) in [5.74, 6) is -0.439. The first kappa shape index (κ1) is 19.7. The van der Waals surface area contributed by atoms with Crippen molar-refractivity contribution in [3.05, 3.63) is 45.6 Å². The van der Waals surface area contributed by atoms with Gasteiger partial charge in [-0.25, -0.2) is 0 Å². The molecule has 2 aromatic rings. The number of thiophene rings is 1. The summed E-state index contributed by atoms with van der Waals surface area (Å²) in [7, 11) is 0. The molecule has 0 radical (unpaired) electrons. The normalized spacial score (nSPS) is 15.9. The highest BCUT2D eigenvalue weighted by atomic mass is 32.1. The van der Waals surface area contributed by atoms with E-state index in [1.165, 1.54) is 17.8 Å². The Hall–Kier alpha value is -2.06. The second-order valence-corrected chi connectivity index (χ2v) is 8.31. The molecule has 1 atom stereocenters. The molecule has 2 heterocycles. The van der Waals surface area contributed by atoms with Gasteiger partial charge in [-0.3, -0.25) is 9.59 Å². The zero-order chi connectivity index (χ0) is 19.2. The summed E-state index contributed by atoms with van der Waals surface area (Å²) in [5.41, 5.74) is 1.26. The molecule has 0 aromatic carbocycles. The van der Waals surface area contributed by atoms with Crippen LogP contribution < -0.4 is 5.32 Å². The van der Waals surface area contributed by atoms with Gasteiger partial charge in [-0.05, 0) is 48.3 Å². The molecule has 2 aromatic heterocycles. The average molecular weight is 405 g/mol. The van der Waals surface area contributed by atoms with Gasteiger partial charge in [0.1, 0.15) is 6.04 Å². The van der Waals surface area contributed by atoms with Crippen LogP contribution in [0.2, 0.25) is 0 Å². The van der Waals surface area contributed by atoms with Crippen molar-refractivity contribution in [1.29, 1.82) is 0 Å². The largest absolute Gasteiger partial charge is 0.351 e.